The molecule has 2 heterocycles. The molecule has 0 bridgehead atoms. The Morgan fingerprint density at radius 3 is 1.52 bits per heavy atom. The van der Waals surface area contributed by atoms with Gasteiger partial charge in [-0.2, -0.15) is 10.2 Å². The number of aromatic amines is 1. The van der Waals surface area contributed by atoms with Crippen LogP contribution in [0, 0.1) is 35.3 Å². The van der Waals surface area contributed by atoms with E-state index < -0.39 is 59.5 Å². The molecule has 77 heavy (non-hydrogen) atoms. The number of alkyl halides is 3. The van der Waals surface area contributed by atoms with Crippen molar-refractivity contribution in [1.82, 2.24) is 20.0 Å². The Labute approximate surface area is 458 Å². The van der Waals surface area contributed by atoms with Gasteiger partial charge in [0.15, 0.2) is 29.0 Å². The number of nitrogens with zero attached hydrogens (tertiary/aromatic N) is 3. The van der Waals surface area contributed by atoms with Gasteiger partial charge in [0.1, 0.15) is 36.1 Å². The van der Waals surface area contributed by atoms with Gasteiger partial charge in [-0.3, -0.25) is 38.5 Å². The number of carbonyl (C=O) groups is 6. The second-order valence-electron chi connectivity index (χ2n) is 18.7. The van der Waals surface area contributed by atoms with E-state index in [1.54, 1.807) is 97.1 Å². The van der Waals surface area contributed by atoms with Crippen molar-refractivity contribution in [2.45, 2.75) is 58.4 Å². The molecule has 0 spiro atoms. The van der Waals surface area contributed by atoms with Crippen LogP contribution in [0.2, 0.25) is 10.0 Å². The molecule has 2 saturated carbocycles. The van der Waals surface area contributed by atoms with Crippen molar-refractivity contribution < 1.29 is 46.3 Å². The number of anilines is 2. The van der Waals surface area contributed by atoms with Crippen LogP contribution in [0.3, 0.4) is 0 Å². The summed E-state index contributed by atoms with van der Waals surface area (Å²) in [6.07, 6.45) is -2.84. The summed E-state index contributed by atoms with van der Waals surface area (Å²) in [7, 11) is 0. The van der Waals surface area contributed by atoms with E-state index in [0.29, 0.717) is 37.8 Å². The van der Waals surface area contributed by atoms with Crippen LogP contribution in [0.1, 0.15) is 60.5 Å². The van der Waals surface area contributed by atoms with E-state index in [-0.39, 0.29) is 88.9 Å². The molecule has 0 radical (unpaired) electrons. The van der Waals surface area contributed by atoms with Crippen LogP contribution in [0.5, 0.6) is 0 Å². The molecule has 12 nitrogen and oxygen atoms in total. The van der Waals surface area contributed by atoms with Gasteiger partial charge in [0, 0.05) is 68.8 Å². The van der Waals surface area contributed by atoms with Gasteiger partial charge in [-0.05, 0) is 62.1 Å². The molecule has 2 amide bonds. The number of Topliss-reactive ketones (excluding diaryl/α,β-unsaturated/α-hetero) is 4. The highest BCUT2D eigenvalue weighted by Gasteiger charge is 2.44. The van der Waals surface area contributed by atoms with Crippen LogP contribution >= 0.6 is 39.1 Å². The number of benzene rings is 6. The topological polar surface area (TPSA) is 173 Å². The first-order chi connectivity index (χ1) is 36.9. The lowest BCUT2D eigenvalue weighted by atomic mass is 9.91. The number of ketones is 4. The lowest BCUT2D eigenvalue weighted by Gasteiger charge is -2.19. The molecule has 19 heteroatoms. The quantitative estimate of drug-likeness (QED) is 0.0581. The minimum absolute atomic E-state index is 0.00699. The average molecular weight is 1150 g/mol. The molecular formula is C58H49BrCl2F4N6O6. The average Bonchev–Trinajstić information content (AvgIpc) is 4.24. The van der Waals surface area contributed by atoms with Crippen LogP contribution < -0.4 is 10.6 Å². The molecule has 0 saturated heterocycles. The van der Waals surface area contributed by atoms with Crippen LogP contribution in [0.15, 0.2) is 133 Å². The minimum Gasteiger partial charge on any atom is -0.323 e. The SMILES string of the molecule is CC(=O)c1n[nH]c2ccccc12.CC(=O)c1nn(CC(=O)[C@@H]2C[C@H](F)C[C@@H]2C(=O)Nc2cccc(-c3ccccc3Cl)c2F)c2ccccc12.O=C(Nc1cccc(-c2ccccc2Cl)c1F)C1C[C@@H](F)C[C@H]1C(=O)CBr. The summed E-state index contributed by atoms with van der Waals surface area (Å²) in [6, 6.07) is 37.3. The molecule has 2 aliphatic rings. The van der Waals surface area contributed by atoms with Crippen molar-refractivity contribution >= 4 is 107 Å². The lowest BCUT2D eigenvalue weighted by molar-refractivity contribution is -0.130. The number of hydrogen-bond donors (Lipinski definition) is 3. The zero-order valence-corrected chi connectivity index (χ0v) is 44.4. The number of amides is 2. The van der Waals surface area contributed by atoms with Crippen molar-refractivity contribution in [2.24, 2.45) is 23.7 Å². The molecule has 6 aromatic carbocycles. The van der Waals surface area contributed by atoms with Crippen molar-refractivity contribution in [3.05, 3.63) is 167 Å². The molecule has 8 aromatic rings. The van der Waals surface area contributed by atoms with E-state index in [1.807, 2.05) is 24.3 Å². The van der Waals surface area contributed by atoms with Gasteiger partial charge in [-0.25, -0.2) is 17.6 Å². The third-order valence-electron chi connectivity index (χ3n) is 13.6. The fourth-order valence-corrected chi connectivity index (χ4v) is 10.7. The third-order valence-corrected chi connectivity index (χ3v) is 14.8. The van der Waals surface area contributed by atoms with Crippen molar-refractivity contribution in [1.29, 1.82) is 0 Å². The summed E-state index contributed by atoms with van der Waals surface area (Å²) in [6.45, 7) is 2.69. The first-order valence-electron chi connectivity index (χ1n) is 24.4. The van der Waals surface area contributed by atoms with E-state index in [1.165, 1.54) is 30.7 Å². The van der Waals surface area contributed by atoms with Crippen LogP contribution in [0.4, 0.5) is 28.9 Å². The molecule has 396 valence electrons. The van der Waals surface area contributed by atoms with Crippen molar-refractivity contribution in [3.63, 3.8) is 0 Å². The Morgan fingerprint density at radius 1 is 0.571 bits per heavy atom. The second kappa shape index (κ2) is 24.8. The Balaban J connectivity index is 0.000000173. The summed E-state index contributed by atoms with van der Waals surface area (Å²) >= 11 is 15.4. The van der Waals surface area contributed by atoms with Gasteiger partial charge in [-0.1, -0.05) is 136 Å². The standard InChI is InChI=1S/C29H24ClF2N3O3.C20H17BrClF2NO2.C9H8N2O/c1-16(36)28-20-8-3-5-12-25(20)35(34-28)15-26(37)21-13-17(31)14-22(21)29(38)33-24-11-6-9-19(27(24)32)18-7-2-4-10-23(18)30;21-10-18(26)14-8-11(23)9-15(14)20(27)25-17-7-3-5-13(19(17)24)12-4-1-2-6-16(12)22;1-6(12)9-7-4-2-3-5-8(7)10-11-9/h2-12,17,21-22H,13-15H2,1H3,(H,33,38);1-7,11,14-15H,8-10H2,(H,25,27);2-5H,1H3,(H,10,11)/t17-,21+,22-;11-,14+,15?;/m00./s1. The summed E-state index contributed by atoms with van der Waals surface area (Å²) < 4.78 is 60.0. The minimum atomic E-state index is -1.35. The zero-order valence-electron chi connectivity index (χ0n) is 41.3. The molecule has 10 rings (SSSR count). The van der Waals surface area contributed by atoms with E-state index in [0.717, 1.165) is 10.9 Å². The Bertz CT molecular complexity index is 3560. The number of H-pyrrole nitrogens is 1. The number of nitrogens with one attached hydrogen (secondary N) is 3. The Morgan fingerprint density at radius 2 is 1.01 bits per heavy atom. The summed E-state index contributed by atoms with van der Waals surface area (Å²) in [5.74, 6) is -6.73. The van der Waals surface area contributed by atoms with Gasteiger partial charge < -0.3 is 10.6 Å². The lowest BCUT2D eigenvalue weighted by Crippen LogP contribution is -2.32. The molecule has 2 fully saturated rings. The molecule has 1 unspecified atom stereocenters. The van der Waals surface area contributed by atoms with Crippen LogP contribution in [-0.4, -0.2) is 72.6 Å². The predicted octanol–water partition coefficient (Wildman–Crippen LogP) is 13.4. The molecule has 0 aliphatic heterocycles. The zero-order chi connectivity index (χ0) is 55.1. The fraction of sp³-hybridized carbons (Fsp3) is 0.241. The van der Waals surface area contributed by atoms with Crippen LogP contribution in [-0.2, 0) is 25.7 Å². The van der Waals surface area contributed by atoms with Gasteiger partial charge in [-0.15, -0.1) is 0 Å². The van der Waals surface area contributed by atoms with Gasteiger partial charge in [0.2, 0.25) is 11.8 Å². The largest absolute Gasteiger partial charge is 0.323 e. The van der Waals surface area contributed by atoms with Crippen molar-refractivity contribution in [2.75, 3.05) is 16.0 Å². The van der Waals surface area contributed by atoms with Gasteiger partial charge >= 0.3 is 0 Å². The maximum absolute atomic E-state index is 15.4. The highest BCUT2D eigenvalue weighted by atomic mass is 79.9. The highest BCUT2D eigenvalue weighted by Crippen LogP contribution is 2.40. The van der Waals surface area contributed by atoms with E-state index in [9.17, 15) is 41.9 Å². The van der Waals surface area contributed by atoms with Gasteiger partial charge in [0.25, 0.3) is 0 Å². The third kappa shape index (κ3) is 12.6. The second-order valence-corrected chi connectivity index (χ2v) is 20.0. The fourth-order valence-electron chi connectivity index (χ4n) is 9.83. The molecule has 6 atom stereocenters. The van der Waals surface area contributed by atoms with Gasteiger partial charge in [0.05, 0.1) is 39.6 Å². The van der Waals surface area contributed by atoms with E-state index in [4.69, 9.17) is 23.2 Å². The number of rotatable bonds is 13. The number of carbonyl (C=O) groups excluding carboxylic acids is 6. The van der Waals surface area contributed by atoms with E-state index >= 15 is 4.39 Å². The first-order valence-corrected chi connectivity index (χ1v) is 26.3. The normalized spacial score (nSPS) is 18.7. The first kappa shape index (κ1) is 55.9. The smallest absolute Gasteiger partial charge is 0.228 e. The van der Waals surface area contributed by atoms with E-state index in [2.05, 4.69) is 41.9 Å². The molecule has 3 N–H and O–H groups in total. The summed E-state index contributed by atoms with van der Waals surface area (Å²) in [5.41, 5.74) is 3.60. The number of para-hydroxylation sites is 2. The predicted molar refractivity (Wildman–Crippen MR) is 293 cm³/mol. The summed E-state index contributed by atoms with van der Waals surface area (Å²) in [5, 5.41) is 18.4. The highest BCUT2D eigenvalue weighted by molar-refractivity contribution is 9.09. The Hall–Kier alpha value is -7.34. The monoisotopic (exact) mass is 1150 g/mol. The maximum atomic E-state index is 15.4. The number of halogens is 7. The molecule has 2 aliphatic carbocycles. The number of aromatic nitrogens is 4. The number of hydrogen-bond acceptors (Lipinski definition) is 8. The summed E-state index contributed by atoms with van der Waals surface area (Å²) in [4.78, 5) is 74.2. The van der Waals surface area contributed by atoms with Crippen LogP contribution in [0.25, 0.3) is 44.1 Å². The number of fused-ring (bicyclic) bond motifs is 2. The molecular weight excluding hydrogens is 1100 g/mol. The maximum Gasteiger partial charge on any atom is 0.228 e. The van der Waals surface area contributed by atoms with Crippen molar-refractivity contribution in [3.8, 4) is 22.3 Å². The molecule has 2 aromatic heterocycles. The Kier molecular flexibility index (Phi) is 18.0.